The van der Waals surface area contributed by atoms with Crippen LogP contribution in [0.1, 0.15) is 35.1 Å². The van der Waals surface area contributed by atoms with Gasteiger partial charge in [0.25, 0.3) is 0 Å². The molecule has 0 aromatic heterocycles. The third-order valence-electron chi connectivity index (χ3n) is 6.84. The summed E-state index contributed by atoms with van der Waals surface area (Å²) >= 11 is 0. The highest BCUT2D eigenvalue weighted by Gasteiger charge is 2.48. The summed E-state index contributed by atoms with van der Waals surface area (Å²) in [6.07, 6.45) is -0.105. The Morgan fingerprint density at radius 1 is 0.758 bits per heavy atom. The van der Waals surface area contributed by atoms with E-state index in [2.05, 4.69) is 55.5 Å². The number of ether oxygens (including phenoxy) is 4. The zero-order valence-electron chi connectivity index (χ0n) is 19.1. The topological polar surface area (TPSA) is 36.9 Å². The zero-order chi connectivity index (χ0) is 22.5. The molecule has 0 radical (unpaired) electrons. The van der Waals surface area contributed by atoms with Crippen LogP contribution in [-0.2, 0) is 38.8 Å². The Labute approximate surface area is 196 Å². The second-order valence-corrected chi connectivity index (χ2v) is 9.05. The van der Waals surface area contributed by atoms with Crippen LogP contribution in [0.5, 0.6) is 0 Å². The highest BCUT2D eigenvalue weighted by atomic mass is 16.6. The summed E-state index contributed by atoms with van der Waals surface area (Å²) in [6.45, 7) is 5.10. The molecule has 33 heavy (non-hydrogen) atoms. The average Bonchev–Trinajstić information content (AvgIpc) is 2.86. The monoisotopic (exact) mass is 444 g/mol. The van der Waals surface area contributed by atoms with Gasteiger partial charge < -0.3 is 18.9 Å². The number of hydrogen-bond acceptors (Lipinski definition) is 4. The summed E-state index contributed by atoms with van der Waals surface area (Å²) in [4.78, 5) is 0. The molecule has 1 saturated heterocycles. The normalized spacial score (nSPS) is 26.4. The number of rotatable bonds is 8. The molecule has 5 atom stereocenters. The van der Waals surface area contributed by atoms with Gasteiger partial charge in [0.1, 0.15) is 6.10 Å². The molecule has 0 bridgehead atoms. The van der Waals surface area contributed by atoms with Crippen molar-refractivity contribution in [2.45, 2.75) is 51.0 Å². The molecule has 0 unspecified atom stereocenters. The predicted molar refractivity (Wildman–Crippen MR) is 128 cm³/mol. The van der Waals surface area contributed by atoms with Gasteiger partial charge in [-0.1, -0.05) is 84.9 Å². The van der Waals surface area contributed by atoms with Crippen molar-refractivity contribution >= 4 is 0 Å². The molecule has 2 aliphatic heterocycles. The first-order valence-corrected chi connectivity index (χ1v) is 11.9. The number of benzene rings is 3. The summed E-state index contributed by atoms with van der Waals surface area (Å²) in [5.74, 6) is 0.435. The Hall–Kier alpha value is -2.50. The fraction of sp³-hybridized carbons (Fsp3) is 0.379. The van der Waals surface area contributed by atoms with Gasteiger partial charge in [0.15, 0.2) is 0 Å². The van der Waals surface area contributed by atoms with Gasteiger partial charge >= 0.3 is 0 Å². The maximum atomic E-state index is 6.49. The first-order valence-electron chi connectivity index (χ1n) is 11.9. The van der Waals surface area contributed by atoms with Crippen LogP contribution in [0, 0.1) is 5.92 Å². The summed E-state index contributed by atoms with van der Waals surface area (Å²) in [5, 5.41) is 0. The van der Waals surface area contributed by atoms with Crippen LogP contribution in [0.2, 0.25) is 0 Å². The van der Waals surface area contributed by atoms with Crippen molar-refractivity contribution in [2.75, 3.05) is 13.2 Å². The zero-order valence-corrected chi connectivity index (χ0v) is 19.1. The van der Waals surface area contributed by atoms with E-state index in [1.165, 1.54) is 22.3 Å². The minimum Gasteiger partial charge on any atom is -0.376 e. The molecule has 2 heterocycles. The molecule has 0 saturated carbocycles. The van der Waals surface area contributed by atoms with Gasteiger partial charge in [0, 0.05) is 11.8 Å². The Morgan fingerprint density at radius 3 is 2.06 bits per heavy atom. The summed E-state index contributed by atoms with van der Waals surface area (Å²) in [7, 11) is 0. The van der Waals surface area contributed by atoms with Crippen LogP contribution < -0.4 is 0 Å². The molecular weight excluding hydrogens is 412 g/mol. The highest BCUT2D eigenvalue weighted by Crippen LogP contribution is 2.44. The molecular formula is C29H32O4. The van der Waals surface area contributed by atoms with Gasteiger partial charge in [-0.2, -0.15) is 0 Å². The van der Waals surface area contributed by atoms with E-state index in [-0.39, 0.29) is 30.1 Å². The molecule has 172 valence electrons. The van der Waals surface area contributed by atoms with Gasteiger partial charge in [-0.15, -0.1) is 0 Å². The van der Waals surface area contributed by atoms with E-state index < -0.39 is 0 Å². The quantitative estimate of drug-likeness (QED) is 0.459. The van der Waals surface area contributed by atoms with Crippen molar-refractivity contribution in [1.82, 2.24) is 0 Å². The number of hydrogen-bond donors (Lipinski definition) is 0. The lowest BCUT2D eigenvalue weighted by Gasteiger charge is -2.48. The van der Waals surface area contributed by atoms with E-state index in [4.69, 9.17) is 18.9 Å². The van der Waals surface area contributed by atoms with E-state index in [1.54, 1.807) is 0 Å². The largest absolute Gasteiger partial charge is 0.376 e. The molecule has 4 heteroatoms. The van der Waals surface area contributed by atoms with Gasteiger partial charge in [0.2, 0.25) is 0 Å². The molecule has 3 aromatic rings. The van der Waals surface area contributed by atoms with Crippen LogP contribution in [0.15, 0.2) is 84.9 Å². The fourth-order valence-electron chi connectivity index (χ4n) is 5.14. The van der Waals surface area contributed by atoms with Crippen molar-refractivity contribution in [3.05, 3.63) is 107 Å². The van der Waals surface area contributed by atoms with Gasteiger partial charge in [-0.25, -0.2) is 0 Å². The highest BCUT2D eigenvalue weighted by molar-refractivity contribution is 5.34. The molecule has 1 fully saturated rings. The van der Waals surface area contributed by atoms with Crippen molar-refractivity contribution in [2.24, 2.45) is 5.92 Å². The minimum absolute atomic E-state index is 0.0436. The molecule has 0 spiro atoms. The smallest absolute Gasteiger partial charge is 0.108 e. The van der Waals surface area contributed by atoms with E-state index in [9.17, 15) is 0 Å². The Morgan fingerprint density at radius 2 is 1.36 bits per heavy atom. The van der Waals surface area contributed by atoms with E-state index >= 15 is 0 Å². The van der Waals surface area contributed by atoms with Crippen molar-refractivity contribution in [3.63, 3.8) is 0 Å². The fourth-order valence-corrected chi connectivity index (χ4v) is 5.14. The summed E-state index contributed by atoms with van der Waals surface area (Å²) < 4.78 is 25.2. The maximum Gasteiger partial charge on any atom is 0.108 e. The van der Waals surface area contributed by atoms with Crippen LogP contribution in [0.3, 0.4) is 0 Å². The molecule has 0 aliphatic carbocycles. The Kier molecular flexibility index (Phi) is 7.18. The van der Waals surface area contributed by atoms with E-state index in [1.807, 2.05) is 36.4 Å². The van der Waals surface area contributed by atoms with Crippen molar-refractivity contribution < 1.29 is 18.9 Å². The summed E-state index contributed by atoms with van der Waals surface area (Å²) in [6, 6.07) is 29.2. The molecule has 4 nitrogen and oxygen atoms in total. The molecule has 3 aromatic carbocycles. The second-order valence-electron chi connectivity index (χ2n) is 9.05. The Balaban J connectivity index is 1.30. The maximum absolute atomic E-state index is 6.49. The van der Waals surface area contributed by atoms with Crippen LogP contribution in [0.25, 0.3) is 0 Å². The second kappa shape index (κ2) is 10.6. The lowest BCUT2D eigenvalue weighted by Crippen LogP contribution is -2.54. The average molecular weight is 445 g/mol. The van der Waals surface area contributed by atoms with E-state index in [0.29, 0.717) is 33.0 Å². The van der Waals surface area contributed by atoms with Crippen LogP contribution >= 0.6 is 0 Å². The van der Waals surface area contributed by atoms with E-state index in [0.717, 1.165) is 0 Å². The van der Waals surface area contributed by atoms with Gasteiger partial charge in [-0.3, -0.25) is 0 Å². The molecule has 0 amide bonds. The predicted octanol–water partition coefficient (Wildman–Crippen LogP) is 5.51. The van der Waals surface area contributed by atoms with Gasteiger partial charge in [-0.05, 0) is 29.2 Å². The van der Waals surface area contributed by atoms with Crippen LogP contribution in [0.4, 0.5) is 0 Å². The van der Waals surface area contributed by atoms with Gasteiger partial charge in [0.05, 0.1) is 45.2 Å². The standard InChI is InChI=1S/C29H32O4/c1-21-26(19-30-16-22-10-4-2-5-11-22)28-25-15-9-8-14-24(25)18-32-29(28)27(33-21)20-31-17-23-12-6-3-7-13-23/h2-15,21,26-29H,16-20H2,1H3/t21-,26-,27+,28+,29+/m0/s1. The molecule has 2 aliphatic rings. The van der Waals surface area contributed by atoms with Crippen molar-refractivity contribution in [1.29, 1.82) is 0 Å². The van der Waals surface area contributed by atoms with Crippen LogP contribution in [-0.4, -0.2) is 31.5 Å². The van der Waals surface area contributed by atoms with Crippen molar-refractivity contribution in [3.8, 4) is 0 Å². The molecule has 0 N–H and O–H groups in total. The first kappa shape index (κ1) is 22.3. The third kappa shape index (κ3) is 5.20. The number of fused-ring (bicyclic) bond motifs is 3. The summed E-state index contributed by atoms with van der Waals surface area (Å²) in [5.41, 5.74) is 4.99. The third-order valence-corrected chi connectivity index (χ3v) is 6.84. The lowest BCUT2D eigenvalue weighted by molar-refractivity contribution is -0.205. The SMILES string of the molecule is C[C@@H]1O[C@H](COCc2ccccc2)[C@H]2OCc3ccccc3[C@@H]2[C@H]1COCc1ccccc1. The Bertz CT molecular complexity index is 1010. The lowest BCUT2D eigenvalue weighted by atomic mass is 9.73. The first-order chi connectivity index (χ1) is 16.3. The minimum atomic E-state index is -0.104. The molecule has 5 rings (SSSR count).